The summed E-state index contributed by atoms with van der Waals surface area (Å²) in [4.78, 5) is 2.89. The van der Waals surface area contributed by atoms with Crippen LogP contribution < -0.4 is 5.14 Å². The molecule has 0 spiro atoms. The van der Waals surface area contributed by atoms with E-state index < -0.39 is 26.7 Å². The summed E-state index contributed by atoms with van der Waals surface area (Å²) in [6.07, 6.45) is -0.289. The van der Waals surface area contributed by atoms with Crippen molar-refractivity contribution in [2.45, 2.75) is 11.1 Å². The van der Waals surface area contributed by atoms with Gasteiger partial charge in [0.15, 0.2) is 5.82 Å². The number of aromatic nitrogens is 6. The minimum absolute atomic E-state index is 0.140. The molecule has 0 radical (unpaired) electrons. The van der Waals surface area contributed by atoms with E-state index in [1.165, 1.54) is 12.5 Å². The molecule has 0 bridgehead atoms. The average Bonchev–Trinajstić information content (AvgIpc) is 3.30. The molecule has 3 heterocycles. The lowest BCUT2D eigenvalue weighted by Crippen LogP contribution is -2.21. The lowest BCUT2D eigenvalue weighted by molar-refractivity contribution is -0.139. The number of hydrogen-bond donors (Lipinski definition) is 2. The lowest BCUT2D eigenvalue weighted by Gasteiger charge is -2.18. The first-order valence-corrected chi connectivity index (χ1v) is 9.14. The summed E-state index contributed by atoms with van der Waals surface area (Å²) in [6.45, 7) is 0. The zero-order valence-corrected chi connectivity index (χ0v) is 14.5. The molecule has 0 saturated carbocycles. The van der Waals surface area contributed by atoms with Crippen molar-refractivity contribution in [3.8, 4) is 22.5 Å². The van der Waals surface area contributed by atoms with Crippen LogP contribution in [0.25, 0.3) is 28.0 Å². The Hall–Kier alpha value is -3.32. The molecule has 144 valence electrons. The van der Waals surface area contributed by atoms with E-state index in [9.17, 15) is 21.6 Å². The summed E-state index contributed by atoms with van der Waals surface area (Å²) in [5.74, 6) is -0.272. The maximum Gasteiger partial charge on any atom is 0.417 e. The van der Waals surface area contributed by atoms with Crippen molar-refractivity contribution >= 4 is 15.5 Å². The molecule has 1 aromatic carbocycles. The van der Waals surface area contributed by atoms with E-state index in [0.717, 1.165) is 6.07 Å². The number of tetrazole rings is 1. The molecule has 4 aromatic rings. The van der Waals surface area contributed by atoms with Gasteiger partial charge in [-0.2, -0.15) is 13.2 Å². The molecule has 0 aliphatic rings. The van der Waals surface area contributed by atoms with Gasteiger partial charge in [-0.05, 0) is 28.1 Å². The number of aromatic amines is 1. The van der Waals surface area contributed by atoms with E-state index in [1.807, 2.05) is 0 Å². The topological polar surface area (TPSA) is 132 Å². The van der Waals surface area contributed by atoms with Crippen molar-refractivity contribution in [3.05, 3.63) is 48.5 Å². The number of alkyl halides is 3. The van der Waals surface area contributed by atoms with Crippen LogP contribution >= 0.6 is 0 Å². The molecule has 28 heavy (non-hydrogen) atoms. The number of fused-ring (bicyclic) bond motifs is 1. The second-order valence-electron chi connectivity index (χ2n) is 5.77. The van der Waals surface area contributed by atoms with Crippen LogP contribution in [0.1, 0.15) is 5.56 Å². The first-order valence-electron chi connectivity index (χ1n) is 7.60. The summed E-state index contributed by atoms with van der Waals surface area (Å²) < 4.78 is 66.6. The molecule has 9 nitrogen and oxygen atoms in total. The van der Waals surface area contributed by atoms with Gasteiger partial charge in [-0.3, -0.25) is 0 Å². The van der Waals surface area contributed by atoms with E-state index in [2.05, 4.69) is 25.6 Å². The highest BCUT2D eigenvalue weighted by Gasteiger charge is 2.39. The van der Waals surface area contributed by atoms with Crippen molar-refractivity contribution in [3.63, 3.8) is 0 Å². The summed E-state index contributed by atoms with van der Waals surface area (Å²) in [6, 6.07) is 5.07. The number of nitrogens with two attached hydrogens (primary N) is 1. The van der Waals surface area contributed by atoms with E-state index in [0.29, 0.717) is 17.1 Å². The molecule has 0 amide bonds. The van der Waals surface area contributed by atoms with Gasteiger partial charge in [-0.25, -0.2) is 23.6 Å². The normalized spacial score (nSPS) is 12.6. The number of nitrogens with one attached hydrogen (secondary N) is 1. The maximum absolute atomic E-state index is 13.5. The summed E-state index contributed by atoms with van der Waals surface area (Å²) >= 11 is 0. The zero-order chi connectivity index (χ0) is 20.1. The Morgan fingerprint density at radius 2 is 1.93 bits per heavy atom. The van der Waals surface area contributed by atoms with Crippen molar-refractivity contribution in [2.24, 2.45) is 5.14 Å². The van der Waals surface area contributed by atoms with Gasteiger partial charge >= 0.3 is 6.18 Å². The standard InChI is InChI=1S/C15H10F3N7O2S/c16-15(17,18)10-4-3-9(8-2-1-5-25-7-20-6-11(8)25)12(13(10)28(19,26)27)14-21-23-24-22-14/h1-7H,(H2,19,26,27)(H,21,22,23,24). The average molecular weight is 409 g/mol. The summed E-state index contributed by atoms with van der Waals surface area (Å²) in [5, 5.41) is 17.8. The van der Waals surface area contributed by atoms with Crippen molar-refractivity contribution in [2.75, 3.05) is 0 Å². The molecule has 0 aliphatic heterocycles. The Balaban J connectivity index is 2.19. The lowest BCUT2D eigenvalue weighted by atomic mass is 9.96. The fourth-order valence-electron chi connectivity index (χ4n) is 3.00. The molecule has 4 rings (SSSR count). The molecule has 3 aromatic heterocycles. The largest absolute Gasteiger partial charge is 0.417 e. The Kier molecular flexibility index (Phi) is 3.94. The number of rotatable bonds is 3. The molecule has 0 aliphatic carbocycles. The highest BCUT2D eigenvalue weighted by Crippen LogP contribution is 2.43. The van der Waals surface area contributed by atoms with Crippen LogP contribution in [0.2, 0.25) is 0 Å². The minimum atomic E-state index is -4.97. The second-order valence-corrected chi connectivity index (χ2v) is 7.26. The SMILES string of the molecule is NS(=O)(=O)c1c(C(F)(F)F)ccc(-c2cccn3cncc23)c1-c1nnn[nH]1. The molecule has 0 unspecified atom stereocenters. The van der Waals surface area contributed by atoms with Crippen LogP contribution in [0.5, 0.6) is 0 Å². The number of benzene rings is 1. The van der Waals surface area contributed by atoms with E-state index in [4.69, 9.17) is 5.14 Å². The Morgan fingerprint density at radius 1 is 1.14 bits per heavy atom. The maximum atomic E-state index is 13.5. The molecular formula is C15H10F3N7O2S. The molecule has 13 heteroatoms. The van der Waals surface area contributed by atoms with E-state index in [1.54, 1.807) is 22.7 Å². The number of primary sulfonamides is 1. The number of hydrogen-bond acceptors (Lipinski definition) is 6. The Morgan fingerprint density at radius 3 is 2.57 bits per heavy atom. The molecule has 0 saturated heterocycles. The quantitative estimate of drug-likeness (QED) is 0.531. The van der Waals surface area contributed by atoms with Gasteiger partial charge in [0.05, 0.1) is 23.6 Å². The van der Waals surface area contributed by atoms with Gasteiger partial charge in [-0.1, -0.05) is 12.1 Å². The van der Waals surface area contributed by atoms with Gasteiger partial charge in [0.2, 0.25) is 10.0 Å². The van der Waals surface area contributed by atoms with Crippen LogP contribution in [0.4, 0.5) is 13.2 Å². The zero-order valence-electron chi connectivity index (χ0n) is 13.7. The van der Waals surface area contributed by atoms with Gasteiger partial charge in [0.25, 0.3) is 0 Å². The second kappa shape index (κ2) is 6.10. The third-order valence-electron chi connectivity index (χ3n) is 4.07. The number of pyridine rings is 1. The fourth-order valence-corrected chi connectivity index (χ4v) is 3.98. The number of halogens is 3. The number of imidazole rings is 1. The van der Waals surface area contributed by atoms with Crippen LogP contribution in [0.3, 0.4) is 0 Å². The number of nitrogens with zero attached hydrogens (tertiary/aromatic N) is 5. The monoisotopic (exact) mass is 409 g/mol. The molecular weight excluding hydrogens is 399 g/mol. The van der Waals surface area contributed by atoms with E-state index >= 15 is 0 Å². The number of H-pyrrole nitrogens is 1. The smallest absolute Gasteiger partial charge is 0.306 e. The van der Waals surface area contributed by atoms with Crippen molar-refractivity contribution < 1.29 is 21.6 Å². The van der Waals surface area contributed by atoms with Crippen LogP contribution in [0, 0.1) is 0 Å². The van der Waals surface area contributed by atoms with Gasteiger partial charge < -0.3 is 4.40 Å². The highest BCUT2D eigenvalue weighted by molar-refractivity contribution is 7.89. The Bertz CT molecular complexity index is 1280. The van der Waals surface area contributed by atoms with Gasteiger partial charge in [-0.15, -0.1) is 5.10 Å². The first-order chi connectivity index (χ1) is 13.2. The van der Waals surface area contributed by atoms with Gasteiger partial charge in [0, 0.05) is 17.3 Å². The van der Waals surface area contributed by atoms with E-state index in [-0.39, 0.29) is 17.0 Å². The van der Waals surface area contributed by atoms with Crippen molar-refractivity contribution in [1.82, 2.24) is 30.0 Å². The fraction of sp³-hybridized carbons (Fsp3) is 0.0667. The van der Waals surface area contributed by atoms with Crippen LogP contribution in [-0.4, -0.2) is 38.4 Å². The number of sulfonamides is 1. The molecule has 0 atom stereocenters. The summed E-state index contributed by atoms with van der Waals surface area (Å²) in [7, 11) is -4.80. The molecule has 3 N–H and O–H groups in total. The van der Waals surface area contributed by atoms with Crippen LogP contribution in [-0.2, 0) is 16.2 Å². The third kappa shape index (κ3) is 2.90. The predicted molar refractivity (Wildman–Crippen MR) is 90.2 cm³/mol. The first kappa shape index (κ1) is 18.1. The predicted octanol–water partition coefficient (Wildman–Crippen LogP) is 1.85. The Labute approximate surface area is 155 Å². The third-order valence-corrected chi connectivity index (χ3v) is 5.06. The minimum Gasteiger partial charge on any atom is -0.306 e. The van der Waals surface area contributed by atoms with Crippen molar-refractivity contribution in [1.29, 1.82) is 0 Å². The van der Waals surface area contributed by atoms with Crippen LogP contribution in [0.15, 0.2) is 47.9 Å². The molecule has 0 fully saturated rings. The highest BCUT2D eigenvalue weighted by atomic mass is 32.2. The van der Waals surface area contributed by atoms with Gasteiger partial charge in [0.1, 0.15) is 4.90 Å². The summed E-state index contributed by atoms with van der Waals surface area (Å²) in [5.41, 5.74) is -0.690.